The van der Waals surface area contributed by atoms with Crippen LogP contribution in [0.25, 0.3) is 0 Å². The molecule has 20 heavy (non-hydrogen) atoms. The normalized spacial score (nSPS) is 10.2. The van der Waals surface area contributed by atoms with Gasteiger partial charge in [-0.05, 0) is 0 Å². The van der Waals surface area contributed by atoms with Crippen LogP contribution in [0.1, 0.15) is 20.0 Å². The Labute approximate surface area is 121 Å². The number of methoxy groups -OCH3 is 3. The predicted octanol–water partition coefficient (Wildman–Crippen LogP) is 0.986. The van der Waals surface area contributed by atoms with E-state index in [1.54, 1.807) is 19.1 Å². The monoisotopic (exact) mass is 302 g/mol. The van der Waals surface area contributed by atoms with Crippen molar-refractivity contribution in [1.29, 1.82) is 0 Å². The van der Waals surface area contributed by atoms with E-state index in [4.69, 9.17) is 15.2 Å². The topological polar surface area (TPSA) is 91.1 Å². The molecule has 0 bridgehead atoms. The fourth-order valence-corrected chi connectivity index (χ4v) is 2.69. The Morgan fingerprint density at radius 1 is 1.20 bits per heavy atom. The van der Waals surface area contributed by atoms with Gasteiger partial charge < -0.3 is 24.8 Å². The van der Waals surface area contributed by atoms with E-state index in [0.717, 1.165) is 11.3 Å². The number of nitrogen functional groups attached to an aromatic ring is 1. The number of esters is 2. The summed E-state index contributed by atoms with van der Waals surface area (Å²) in [5.41, 5.74) is 6.13. The number of hydrogen-bond acceptors (Lipinski definition) is 8. The van der Waals surface area contributed by atoms with Gasteiger partial charge in [0.25, 0.3) is 0 Å². The second kappa shape index (κ2) is 7.11. The van der Waals surface area contributed by atoms with Crippen molar-refractivity contribution in [1.82, 2.24) is 0 Å². The summed E-state index contributed by atoms with van der Waals surface area (Å²) in [6, 6.07) is 0. The molecule has 1 heterocycles. The van der Waals surface area contributed by atoms with Crippen LogP contribution in [0.15, 0.2) is 0 Å². The lowest BCUT2D eigenvalue weighted by molar-refractivity contribution is 0.0602. The molecule has 0 saturated carbocycles. The molecule has 0 unspecified atom stereocenters. The second-order valence-electron chi connectivity index (χ2n) is 3.92. The van der Waals surface area contributed by atoms with Crippen LogP contribution >= 0.6 is 11.3 Å². The second-order valence-corrected chi connectivity index (χ2v) is 4.92. The maximum atomic E-state index is 11.9. The van der Waals surface area contributed by atoms with Crippen LogP contribution in [0.5, 0.6) is 0 Å². The van der Waals surface area contributed by atoms with Crippen LogP contribution in [-0.4, -0.2) is 53.5 Å². The lowest BCUT2D eigenvalue weighted by Gasteiger charge is -2.17. The van der Waals surface area contributed by atoms with E-state index in [-0.39, 0.29) is 16.1 Å². The summed E-state index contributed by atoms with van der Waals surface area (Å²) < 4.78 is 14.4. The third-order valence-corrected chi connectivity index (χ3v) is 3.96. The Balaban J connectivity index is 3.26. The number of likely N-dealkylation sites (N-methyl/N-ethyl adjacent to an activating group) is 1. The molecule has 0 aliphatic rings. The van der Waals surface area contributed by atoms with Crippen LogP contribution in [0.4, 0.5) is 10.7 Å². The van der Waals surface area contributed by atoms with Crippen molar-refractivity contribution in [2.45, 2.75) is 0 Å². The van der Waals surface area contributed by atoms with Gasteiger partial charge in [-0.1, -0.05) is 0 Å². The molecule has 2 N–H and O–H groups in total. The number of carbonyl (C=O) groups is 2. The molecule has 112 valence electrons. The Morgan fingerprint density at radius 2 is 1.80 bits per heavy atom. The third-order valence-electron chi connectivity index (χ3n) is 2.66. The Kier molecular flexibility index (Phi) is 5.78. The standard InChI is InChI=1S/C12H18N2O5S/c1-14(5-6-17-2)10-7(11(15)18-3)8(13)9(20-10)12(16)19-4/h5-6,13H2,1-4H3. The highest BCUT2D eigenvalue weighted by Gasteiger charge is 2.28. The summed E-state index contributed by atoms with van der Waals surface area (Å²) in [5, 5.41) is 0.548. The first-order valence-corrected chi connectivity index (χ1v) is 6.58. The molecule has 0 amide bonds. The van der Waals surface area contributed by atoms with E-state index < -0.39 is 11.9 Å². The quantitative estimate of drug-likeness (QED) is 0.783. The summed E-state index contributed by atoms with van der Waals surface area (Å²) >= 11 is 1.09. The highest BCUT2D eigenvalue weighted by atomic mass is 32.1. The van der Waals surface area contributed by atoms with Crippen molar-refractivity contribution in [3.63, 3.8) is 0 Å². The SMILES string of the molecule is COCCN(C)c1sc(C(=O)OC)c(N)c1C(=O)OC. The van der Waals surface area contributed by atoms with E-state index >= 15 is 0 Å². The zero-order valence-corrected chi connectivity index (χ0v) is 12.7. The number of nitrogens with zero attached hydrogens (tertiary/aromatic N) is 1. The molecule has 1 aromatic heterocycles. The third kappa shape index (κ3) is 3.20. The molecule has 1 rings (SSSR count). The van der Waals surface area contributed by atoms with E-state index in [1.165, 1.54) is 14.2 Å². The molecule has 0 atom stereocenters. The number of ether oxygens (including phenoxy) is 3. The first-order chi connectivity index (χ1) is 9.47. The Morgan fingerprint density at radius 3 is 2.30 bits per heavy atom. The molecule has 0 saturated heterocycles. The lowest BCUT2D eigenvalue weighted by Crippen LogP contribution is -2.23. The van der Waals surface area contributed by atoms with Gasteiger partial charge in [0, 0.05) is 20.7 Å². The summed E-state index contributed by atoms with van der Waals surface area (Å²) in [5.74, 6) is -1.17. The van der Waals surface area contributed by atoms with Crippen molar-refractivity contribution in [2.75, 3.05) is 52.2 Å². The Hall–Kier alpha value is -1.80. The predicted molar refractivity (Wildman–Crippen MR) is 76.6 cm³/mol. The average molecular weight is 302 g/mol. The Bertz CT molecular complexity index is 500. The lowest BCUT2D eigenvalue weighted by atomic mass is 10.2. The average Bonchev–Trinajstić information content (AvgIpc) is 2.80. The summed E-state index contributed by atoms with van der Waals surface area (Å²) in [4.78, 5) is 25.5. The minimum atomic E-state index is -0.590. The molecule has 8 heteroatoms. The first kappa shape index (κ1) is 16.3. The van der Waals surface area contributed by atoms with Crippen LogP contribution in [0.2, 0.25) is 0 Å². The van der Waals surface area contributed by atoms with Gasteiger partial charge in [0.1, 0.15) is 15.4 Å². The highest BCUT2D eigenvalue weighted by Crippen LogP contribution is 2.38. The molecule has 1 aromatic rings. The zero-order chi connectivity index (χ0) is 15.3. The van der Waals surface area contributed by atoms with Crippen LogP contribution < -0.4 is 10.6 Å². The number of nitrogens with two attached hydrogens (primary N) is 1. The molecule has 0 radical (unpaired) electrons. The van der Waals surface area contributed by atoms with Crippen LogP contribution in [0.3, 0.4) is 0 Å². The zero-order valence-electron chi connectivity index (χ0n) is 11.9. The minimum Gasteiger partial charge on any atom is -0.465 e. The van der Waals surface area contributed by atoms with Gasteiger partial charge in [-0.25, -0.2) is 9.59 Å². The summed E-state index contributed by atoms with van der Waals surface area (Å²) in [7, 11) is 5.87. The number of hydrogen-bond donors (Lipinski definition) is 1. The molecule has 0 aliphatic carbocycles. The molecule has 0 spiro atoms. The highest BCUT2D eigenvalue weighted by molar-refractivity contribution is 7.19. The van der Waals surface area contributed by atoms with E-state index in [9.17, 15) is 9.59 Å². The van der Waals surface area contributed by atoms with Crippen molar-refractivity contribution >= 4 is 34.0 Å². The minimum absolute atomic E-state index is 0.0768. The molecular formula is C12H18N2O5S. The van der Waals surface area contributed by atoms with Gasteiger partial charge in [0.15, 0.2) is 0 Å². The van der Waals surface area contributed by atoms with Gasteiger partial charge in [-0.2, -0.15) is 0 Å². The smallest absolute Gasteiger partial charge is 0.350 e. The van der Waals surface area contributed by atoms with E-state index in [0.29, 0.717) is 18.2 Å². The fraction of sp³-hybridized carbons (Fsp3) is 0.500. The molecule has 0 aliphatic heterocycles. The fourth-order valence-electron chi connectivity index (χ4n) is 1.57. The summed E-state index contributed by atoms with van der Waals surface area (Å²) in [6.07, 6.45) is 0. The molecule has 0 fully saturated rings. The van der Waals surface area contributed by atoms with Crippen LogP contribution in [-0.2, 0) is 14.2 Å². The van der Waals surface area contributed by atoms with Crippen molar-refractivity contribution in [2.24, 2.45) is 0 Å². The molecule has 7 nitrogen and oxygen atoms in total. The number of rotatable bonds is 6. The summed E-state index contributed by atoms with van der Waals surface area (Å²) in [6.45, 7) is 1.02. The molecule has 0 aromatic carbocycles. The largest absolute Gasteiger partial charge is 0.465 e. The van der Waals surface area contributed by atoms with Gasteiger partial charge >= 0.3 is 11.9 Å². The number of carbonyl (C=O) groups excluding carboxylic acids is 2. The van der Waals surface area contributed by atoms with Gasteiger partial charge in [0.05, 0.1) is 26.5 Å². The van der Waals surface area contributed by atoms with Crippen molar-refractivity contribution in [3.05, 3.63) is 10.4 Å². The maximum absolute atomic E-state index is 11.9. The van der Waals surface area contributed by atoms with Crippen LogP contribution in [0, 0.1) is 0 Å². The number of anilines is 2. The first-order valence-electron chi connectivity index (χ1n) is 5.76. The van der Waals surface area contributed by atoms with Gasteiger partial charge in [-0.15, -0.1) is 11.3 Å². The molecular weight excluding hydrogens is 284 g/mol. The number of thiophene rings is 1. The van der Waals surface area contributed by atoms with Gasteiger partial charge in [0.2, 0.25) is 0 Å². The van der Waals surface area contributed by atoms with Crippen molar-refractivity contribution < 1.29 is 23.8 Å². The van der Waals surface area contributed by atoms with E-state index in [1.807, 2.05) is 0 Å². The maximum Gasteiger partial charge on any atom is 0.350 e. The van der Waals surface area contributed by atoms with Gasteiger partial charge in [-0.3, -0.25) is 0 Å². The van der Waals surface area contributed by atoms with Crippen molar-refractivity contribution in [3.8, 4) is 0 Å². The van der Waals surface area contributed by atoms with E-state index in [2.05, 4.69) is 4.74 Å².